The minimum Gasteiger partial charge on any atom is -0.396 e. The second kappa shape index (κ2) is 4.58. The summed E-state index contributed by atoms with van der Waals surface area (Å²) >= 11 is 0. The molecule has 0 saturated heterocycles. The van der Waals surface area contributed by atoms with E-state index >= 15 is 0 Å². The van der Waals surface area contributed by atoms with Gasteiger partial charge in [0, 0.05) is 6.61 Å². The van der Waals surface area contributed by atoms with E-state index in [0.717, 1.165) is 13.0 Å². The average molecular weight is 192 g/mol. The van der Waals surface area contributed by atoms with Crippen LogP contribution >= 0.6 is 0 Å². The summed E-state index contributed by atoms with van der Waals surface area (Å²) in [5.41, 5.74) is 1.22. The number of aliphatic hydroxyl groups is 1. The van der Waals surface area contributed by atoms with Gasteiger partial charge < -0.3 is 9.84 Å². The second-order valence-electron chi connectivity index (χ2n) is 3.94. The summed E-state index contributed by atoms with van der Waals surface area (Å²) in [6, 6.07) is 10.2. The minimum atomic E-state index is 0.319. The first-order valence-electron chi connectivity index (χ1n) is 5.12. The maximum Gasteiger partial charge on any atom is 0.0717 e. The third kappa shape index (κ3) is 2.56. The molecule has 0 aliphatic heterocycles. The predicted octanol–water partition coefficient (Wildman–Crippen LogP) is 1.83. The Kier molecular flexibility index (Phi) is 3.17. The molecule has 0 bridgehead atoms. The highest BCUT2D eigenvalue weighted by molar-refractivity contribution is 5.13. The quantitative estimate of drug-likeness (QED) is 0.771. The van der Waals surface area contributed by atoms with Crippen molar-refractivity contribution in [2.45, 2.75) is 13.0 Å². The molecule has 0 radical (unpaired) electrons. The first-order chi connectivity index (χ1) is 6.90. The lowest BCUT2D eigenvalue weighted by atomic mass is 10.2. The van der Waals surface area contributed by atoms with Crippen LogP contribution in [-0.2, 0) is 11.3 Å². The summed E-state index contributed by atoms with van der Waals surface area (Å²) in [5.74, 6) is 1.11. The van der Waals surface area contributed by atoms with Gasteiger partial charge in [-0.15, -0.1) is 0 Å². The Morgan fingerprint density at radius 3 is 2.64 bits per heavy atom. The van der Waals surface area contributed by atoms with Gasteiger partial charge in [0.25, 0.3) is 0 Å². The Morgan fingerprint density at radius 1 is 1.21 bits per heavy atom. The molecule has 0 aromatic heterocycles. The van der Waals surface area contributed by atoms with Gasteiger partial charge in [-0.05, 0) is 23.8 Å². The summed E-state index contributed by atoms with van der Waals surface area (Å²) in [5, 5.41) is 8.84. The summed E-state index contributed by atoms with van der Waals surface area (Å²) in [6.45, 7) is 1.80. The van der Waals surface area contributed by atoms with E-state index < -0.39 is 0 Å². The summed E-state index contributed by atoms with van der Waals surface area (Å²) in [7, 11) is 0. The zero-order valence-electron chi connectivity index (χ0n) is 8.23. The Balaban J connectivity index is 1.64. The third-order valence-corrected chi connectivity index (χ3v) is 2.75. The fourth-order valence-corrected chi connectivity index (χ4v) is 1.64. The van der Waals surface area contributed by atoms with Crippen LogP contribution in [0, 0.1) is 11.8 Å². The third-order valence-electron chi connectivity index (χ3n) is 2.75. The molecule has 0 unspecified atom stereocenters. The Labute approximate surface area is 84.5 Å². The molecule has 1 saturated carbocycles. The number of hydrogen-bond acceptors (Lipinski definition) is 2. The van der Waals surface area contributed by atoms with Crippen molar-refractivity contribution in [3.8, 4) is 0 Å². The smallest absolute Gasteiger partial charge is 0.0717 e. The van der Waals surface area contributed by atoms with Crippen molar-refractivity contribution in [2.75, 3.05) is 13.2 Å². The number of benzene rings is 1. The van der Waals surface area contributed by atoms with Crippen LogP contribution in [0.1, 0.15) is 12.0 Å². The normalized spacial score (nSPS) is 24.9. The highest BCUT2D eigenvalue weighted by atomic mass is 16.5. The molecule has 2 rings (SSSR count). The zero-order chi connectivity index (χ0) is 9.80. The van der Waals surface area contributed by atoms with Gasteiger partial charge in [-0.25, -0.2) is 0 Å². The zero-order valence-corrected chi connectivity index (χ0v) is 8.23. The maximum absolute atomic E-state index is 8.84. The van der Waals surface area contributed by atoms with E-state index in [1.54, 1.807) is 0 Å². The van der Waals surface area contributed by atoms with Gasteiger partial charge in [-0.3, -0.25) is 0 Å². The summed E-state index contributed by atoms with van der Waals surface area (Å²) < 4.78 is 5.56. The Hall–Kier alpha value is -0.860. The molecule has 2 nitrogen and oxygen atoms in total. The van der Waals surface area contributed by atoms with Crippen molar-refractivity contribution in [3.63, 3.8) is 0 Å². The highest BCUT2D eigenvalue weighted by Crippen LogP contribution is 2.37. The van der Waals surface area contributed by atoms with Crippen LogP contribution in [-0.4, -0.2) is 18.3 Å². The molecular formula is C12H16O2. The SMILES string of the molecule is OC[C@H]1C[C@H]1COCc1ccccc1. The van der Waals surface area contributed by atoms with Gasteiger partial charge in [0.1, 0.15) is 0 Å². The fraction of sp³-hybridized carbons (Fsp3) is 0.500. The number of hydrogen-bond donors (Lipinski definition) is 1. The molecule has 76 valence electrons. The molecule has 1 fully saturated rings. The van der Waals surface area contributed by atoms with E-state index in [1.165, 1.54) is 5.56 Å². The molecule has 1 aromatic rings. The standard InChI is InChI=1S/C12H16O2/c13-7-11-6-12(11)9-14-8-10-4-2-1-3-5-10/h1-5,11-13H,6-9H2/t11-,12+/m1/s1. The van der Waals surface area contributed by atoms with E-state index in [1.807, 2.05) is 18.2 Å². The van der Waals surface area contributed by atoms with Gasteiger partial charge in [-0.1, -0.05) is 30.3 Å². The lowest BCUT2D eigenvalue weighted by Crippen LogP contribution is -2.00. The van der Waals surface area contributed by atoms with Crippen LogP contribution in [0.5, 0.6) is 0 Å². The molecule has 1 aromatic carbocycles. The van der Waals surface area contributed by atoms with E-state index in [4.69, 9.17) is 9.84 Å². The van der Waals surface area contributed by atoms with Crippen molar-refractivity contribution in [1.82, 2.24) is 0 Å². The largest absolute Gasteiger partial charge is 0.396 e. The lowest BCUT2D eigenvalue weighted by molar-refractivity contribution is 0.104. The van der Waals surface area contributed by atoms with E-state index in [-0.39, 0.29) is 0 Å². The van der Waals surface area contributed by atoms with Gasteiger partial charge in [0.15, 0.2) is 0 Å². The molecule has 0 heterocycles. The molecule has 2 atom stereocenters. The second-order valence-corrected chi connectivity index (χ2v) is 3.94. The van der Waals surface area contributed by atoms with Crippen LogP contribution in [0.15, 0.2) is 30.3 Å². The van der Waals surface area contributed by atoms with Crippen molar-refractivity contribution in [1.29, 1.82) is 0 Å². The number of rotatable bonds is 5. The number of aliphatic hydroxyl groups excluding tert-OH is 1. The van der Waals surface area contributed by atoms with Crippen LogP contribution in [0.4, 0.5) is 0 Å². The number of ether oxygens (including phenoxy) is 1. The molecular weight excluding hydrogens is 176 g/mol. The van der Waals surface area contributed by atoms with Gasteiger partial charge >= 0.3 is 0 Å². The van der Waals surface area contributed by atoms with Crippen molar-refractivity contribution >= 4 is 0 Å². The van der Waals surface area contributed by atoms with E-state index in [9.17, 15) is 0 Å². The molecule has 2 heteroatoms. The van der Waals surface area contributed by atoms with E-state index in [0.29, 0.717) is 25.0 Å². The molecule has 0 spiro atoms. The Morgan fingerprint density at radius 2 is 2.00 bits per heavy atom. The topological polar surface area (TPSA) is 29.5 Å². The van der Waals surface area contributed by atoms with Crippen molar-refractivity contribution in [2.24, 2.45) is 11.8 Å². The summed E-state index contributed by atoms with van der Waals surface area (Å²) in [6.07, 6.45) is 1.13. The highest BCUT2D eigenvalue weighted by Gasteiger charge is 2.36. The average Bonchev–Trinajstić information content (AvgIpc) is 2.98. The molecule has 0 amide bonds. The fourth-order valence-electron chi connectivity index (χ4n) is 1.64. The van der Waals surface area contributed by atoms with Gasteiger partial charge in [-0.2, -0.15) is 0 Å². The first kappa shape index (κ1) is 9.69. The molecule has 14 heavy (non-hydrogen) atoms. The van der Waals surface area contributed by atoms with Crippen LogP contribution < -0.4 is 0 Å². The van der Waals surface area contributed by atoms with Crippen LogP contribution in [0.25, 0.3) is 0 Å². The van der Waals surface area contributed by atoms with Gasteiger partial charge in [0.2, 0.25) is 0 Å². The van der Waals surface area contributed by atoms with Gasteiger partial charge in [0.05, 0.1) is 13.2 Å². The van der Waals surface area contributed by atoms with E-state index in [2.05, 4.69) is 12.1 Å². The maximum atomic E-state index is 8.84. The van der Waals surface area contributed by atoms with Crippen LogP contribution in [0.3, 0.4) is 0 Å². The summed E-state index contributed by atoms with van der Waals surface area (Å²) in [4.78, 5) is 0. The first-order valence-corrected chi connectivity index (χ1v) is 5.12. The minimum absolute atomic E-state index is 0.319. The Bertz CT molecular complexity index is 271. The molecule has 1 aliphatic rings. The van der Waals surface area contributed by atoms with Crippen molar-refractivity contribution in [3.05, 3.63) is 35.9 Å². The molecule has 1 N–H and O–H groups in total. The van der Waals surface area contributed by atoms with Crippen LogP contribution in [0.2, 0.25) is 0 Å². The van der Waals surface area contributed by atoms with Crippen molar-refractivity contribution < 1.29 is 9.84 Å². The predicted molar refractivity (Wildman–Crippen MR) is 54.8 cm³/mol. The monoisotopic (exact) mass is 192 g/mol. The molecule has 1 aliphatic carbocycles. The lowest BCUT2D eigenvalue weighted by Gasteiger charge is -2.03.